The number of hydrogen-bond acceptors (Lipinski definition) is 4. The number of ether oxygens (including phenoxy) is 1. The molecule has 0 saturated carbocycles. The fourth-order valence-corrected chi connectivity index (χ4v) is 3.00. The molecule has 27 heavy (non-hydrogen) atoms. The van der Waals surface area contributed by atoms with E-state index in [9.17, 15) is 9.59 Å². The molecule has 142 valence electrons. The van der Waals surface area contributed by atoms with Crippen LogP contribution < -0.4 is 15.5 Å². The Bertz CT molecular complexity index is 787. The van der Waals surface area contributed by atoms with E-state index in [1.807, 2.05) is 37.3 Å². The van der Waals surface area contributed by atoms with E-state index in [1.54, 1.807) is 12.1 Å². The highest BCUT2D eigenvalue weighted by Crippen LogP contribution is 2.23. The van der Waals surface area contributed by atoms with Gasteiger partial charge >= 0.3 is 0 Å². The largest absolute Gasteiger partial charge is 0.378 e. The topological polar surface area (TPSA) is 70.7 Å². The molecule has 6 nitrogen and oxygen atoms in total. The molecule has 2 aromatic carbocycles. The molecule has 1 aliphatic heterocycles. The standard InChI is InChI=1S/C21H25N3O3/c1-16-15-18(24-11-13-27-14-12-24)7-8-19(16)23-20(25)9-10-22-21(26)17-5-3-2-4-6-17/h2-8,15H,9-14H2,1H3,(H,22,26)(H,23,25). The lowest BCUT2D eigenvalue weighted by atomic mass is 10.1. The molecule has 6 heteroatoms. The highest BCUT2D eigenvalue weighted by molar-refractivity contribution is 5.95. The van der Waals surface area contributed by atoms with E-state index < -0.39 is 0 Å². The fourth-order valence-electron chi connectivity index (χ4n) is 3.00. The molecule has 2 N–H and O–H groups in total. The Labute approximate surface area is 159 Å². The van der Waals surface area contributed by atoms with Crippen molar-refractivity contribution in [1.82, 2.24) is 5.32 Å². The van der Waals surface area contributed by atoms with Gasteiger partial charge in [0.05, 0.1) is 13.2 Å². The lowest BCUT2D eigenvalue weighted by Crippen LogP contribution is -2.36. The van der Waals surface area contributed by atoms with Crippen LogP contribution in [-0.2, 0) is 9.53 Å². The minimum Gasteiger partial charge on any atom is -0.378 e. The summed E-state index contributed by atoms with van der Waals surface area (Å²) in [6.07, 6.45) is 0.225. The van der Waals surface area contributed by atoms with Gasteiger partial charge in [-0.15, -0.1) is 0 Å². The van der Waals surface area contributed by atoms with Crippen LogP contribution in [0.4, 0.5) is 11.4 Å². The SMILES string of the molecule is Cc1cc(N2CCOCC2)ccc1NC(=O)CCNC(=O)c1ccccc1. The Morgan fingerprint density at radius 1 is 1.07 bits per heavy atom. The molecular weight excluding hydrogens is 342 g/mol. The fraction of sp³-hybridized carbons (Fsp3) is 0.333. The van der Waals surface area contributed by atoms with E-state index in [4.69, 9.17) is 4.74 Å². The van der Waals surface area contributed by atoms with E-state index in [0.717, 1.165) is 43.2 Å². The van der Waals surface area contributed by atoms with Gasteiger partial charge in [-0.1, -0.05) is 18.2 Å². The van der Waals surface area contributed by atoms with E-state index in [1.165, 1.54) is 0 Å². The number of carbonyl (C=O) groups excluding carboxylic acids is 2. The first-order valence-corrected chi connectivity index (χ1v) is 9.20. The third-order valence-electron chi connectivity index (χ3n) is 4.53. The van der Waals surface area contributed by atoms with Gasteiger partial charge in [0.1, 0.15) is 0 Å². The number of rotatable bonds is 6. The lowest BCUT2D eigenvalue weighted by Gasteiger charge is -2.29. The van der Waals surface area contributed by atoms with Gasteiger partial charge in [0.15, 0.2) is 0 Å². The van der Waals surface area contributed by atoms with E-state index in [0.29, 0.717) is 12.1 Å². The predicted octanol–water partition coefficient (Wildman–Crippen LogP) is 2.59. The van der Waals surface area contributed by atoms with Gasteiger partial charge in [-0.25, -0.2) is 0 Å². The molecule has 3 rings (SSSR count). The van der Waals surface area contributed by atoms with Crippen molar-refractivity contribution in [3.05, 3.63) is 59.7 Å². The maximum absolute atomic E-state index is 12.2. The van der Waals surface area contributed by atoms with Gasteiger partial charge in [-0.2, -0.15) is 0 Å². The van der Waals surface area contributed by atoms with Crippen molar-refractivity contribution in [3.63, 3.8) is 0 Å². The minimum atomic E-state index is -0.172. The first kappa shape index (κ1) is 18.9. The molecule has 2 aromatic rings. The second-order valence-corrected chi connectivity index (χ2v) is 6.52. The van der Waals surface area contributed by atoms with Crippen molar-refractivity contribution in [2.24, 2.45) is 0 Å². The molecule has 0 aliphatic carbocycles. The molecule has 1 aliphatic rings. The summed E-state index contributed by atoms with van der Waals surface area (Å²) in [5, 5.41) is 5.68. The van der Waals surface area contributed by atoms with Gasteiger partial charge in [0.2, 0.25) is 5.91 Å². The van der Waals surface area contributed by atoms with E-state index in [2.05, 4.69) is 21.6 Å². The Balaban J connectivity index is 1.48. The molecule has 1 heterocycles. The number of benzene rings is 2. The number of anilines is 2. The first-order chi connectivity index (χ1) is 13.1. The minimum absolute atomic E-state index is 0.120. The van der Waals surface area contributed by atoms with Gasteiger partial charge < -0.3 is 20.3 Å². The number of nitrogens with one attached hydrogen (secondary N) is 2. The van der Waals surface area contributed by atoms with Crippen molar-refractivity contribution in [2.45, 2.75) is 13.3 Å². The van der Waals surface area contributed by atoms with Crippen molar-refractivity contribution < 1.29 is 14.3 Å². The summed E-state index contributed by atoms with van der Waals surface area (Å²) in [6, 6.07) is 15.0. The van der Waals surface area contributed by atoms with Gasteiger partial charge in [0, 0.05) is 43.0 Å². The third kappa shape index (κ3) is 5.31. The summed E-state index contributed by atoms with van der Waals surface area (Å²) in [6.45, 7) is 5.53. The number of carbonyl (C=O) groups is 2. The van der Waals surface area contributed by atoms with Crippen LogP contribution >= 0.6 is 0 Å². The summed E-state index contributed by atoms with van der Waals surface area (Å²) in [5.41, 5.74) is 3.54. The zero-order valence-corrected chi connectivity index (χ0v) is 15.5. The Morgan fingerprint density at radius 3 is 2.52 bits per heavy atom. The number of nitrogens with zero attached hydrogens (tertiary/aromatic N) is 1. The second kappa shape index (κ2) is 9.19. The van der Waals surface area contributed by atoms with Crippen LogP contribution in [0.1, 0.15) is 22.3 Å². The molecule has 0 aromatic heterocycles. The van der Waals surface area contributed by atoms with Crippen molar-refractivity contribution in [1.29, 1.82) is 0 Å². The van der Waals surface area contributed by atoms with Crippen LogP contribution in [0.5, 0.6) is 0 Å². The number of amides is 2. The molecule has 0 radical (unpaired) electrons. The first-order valence-electron chi connectivity index (χ1n) is 9.20. The van der Waals surface area contributed by atoms with Crippen LogP contribution in [0.15, 0.2) is 48.5 Å². The Kier molecular flexibility index (Phi) is 6.44. The van der Waals surface area contributed by atoms with Crippen LogP contribution in [0.2, 0.25) is 0 Å². The van der Waals surface area contributed by atoms with E-state index >= 15 is 0 Å². The average Bonchev–Trinajstić information content (AvgIpc) is 2.71. The molecule has 1 fully saturated rings. The van der Waals surface area contributed by atoms with E-state index in [-0.39, 0.29) is 18.2 Å². The molecule has 2 amide bonds. The second-order valence-electron chi connectivity index (χ2n) is 6.52. The van der Waals surface area contributed by atoms with Gasteiger partial charge in [0.25, 0.3) is 5.91 Å². The summed E-state index contributed by atoms with van der Waals surface area (Å²) >= 11 is 0. The molecule has 0 atom stereocenters. The Morgan fingerprint density at radius 2 is 1.81 bits per heavy atom. The molecule has 0 spiro atoms. The highest BCUT2D eigenvalue weighted by atomic mass is 16.5. The molecule has 0 unspecified atom stereocenters. The number of aryl methyl sites for hydroxylation is 1. The summed E-state index contributed by atoms with van der Waals surface area (Å²) in [4.78, 5) is 26.4. The van der Waals surface area contributed by atoms with Crippen molar-refractivity contribution in [3.8, 4) is 0 Å². The monoisotopic (exact) mass is 367 g/mol. The highest BCUT2D eigenvalue weighted by Gasteiger charge is 2.13. The maximum atomic E-state index is 12.2. The lowest BCUT2D eigenvalue weighted by molar-refractivity contribution is -0.116. The van der Waals surface area contributed by atoms with Crippen LogP contribution in [0.25, 0.3) is 0 Å². The zero-order chi connectivity index (χ0) is 19.1. The van der Waals surface area contributed by atoms with Crippen LogP contribution in [0, 0.1) is 6.92 Å². The molecular formula is C21H25N3O3. The smallest absolute Gasteiger partial charge is 0.251 e. The third-order valence-corrected chi connectivity index (χ3v) is 4.53. The maximum Gasteiger partial charge on any atom is 0.251 e. The summed E-state index contributed by atoms with van der Waals surface area (Å²) in [7, 11) is 0. The van der Waals surface area contributed by atoms with Crippen molar-refractivity contribution in [2.75, 3.05) is 43.1 Å². The number of morpholine rings is 1. The van der Waals surface area contributed by atoms with Crippen molar-refractivity contribution >= 4 is 23.2 Å². The summed E-state index contributed by atoms with van der Waals surface area (Å²) in [5.74, 6) is -0.292. The predicted molar refractivity (Wildman–Crippen MR) is 106 cm³/mol. The van der Waals surface area contributed by atoms with Crippen LogP contribution in [-0.4, -0.2) is 44.7 Å². The van der Waals surface area contributed by atoms with Gasteiger partial charge in [-0.3, -0.25) is 9.59 Å². The molecule has 1 saturated heterocycles. The normalized spacial score (nSPS) is 13.9. The van der Waals surface area contributed by atoms with Crippen LogP contribution in [0.3, 0.4) is 0 Å². The number of hydrogen-bond donors (Lipinski definition) is 2. The summed E-state index contributed by atoms with van der Waals surface area (Å²) < 4.78 is 5.38. The quantitative estimate of drug-likeness (QED) is 0.823. The molecule has 0 bridgehead atoms. The zero-order valence-electron chi connectivity index (χ0n) is 15.5. The van der Waals surface area contributed by atoms with Gasteiger partial charge in [-0.05, 0) is 42.8 Å². The Hall–Kier alpha value is -2.86. The average molecular weight is 367 g/mol.